The normalized spacial score (nSPS) is 46.4. The molecule has 0 bridgehead atoms. The molecule has 0 saturated heterocycles. The van der Waals surface area contributed by atoms with Crippen molar-refractivity contribution in [3.05, 3.63) is 11.6 Å². The van der Waals surface area contributed by atoms with Crippen molar-refractivity contribution in [2.75, 3.05) is 0 Å². The molecule has 0 aromatic rings. The lowest BCUT2D eigenvalue weighted by molar-refractivity contribution is -0.135. The maximum absolute atomic E-state index is 12.1. The van der Waals surface area contributed by atoms with Gasteiger partial charge in [0.25, 0.3) is 0 Å². The zero-order chi connectivity index (χ0) is 15.4. The predicted octanol–water partition coefficient (Wildman–Crippen LogP) is 4.19. The van der Waals surface area contributed by atoms with E-state index in [4.69, 9.17) is 0 Å². The van der Waals surface area contributed by atoms with E-state index in [9.17, 15) is 9.59 Å². The summed E-state index contributed by atoms with van der Waals surface area (Å²) in [4.78, 5) is 24.1. The summed E-state index contributed by atoms with van der Waals surface area (Å²) in [6, 6.07) is 0. The van der Waals surface area contributed by atoms with Gasteiger partial charge in [0.1, 0.15) is 5.78 Å². The van der Waals surface area contributed by atoms with E-state index >= 15 is 0 Å². The van der Waals surface area contributed by atoms with Crippen LogP contribution < -0.4 is 0 Å². The first-order valence-electron chi connectivity index (χ1n) is 8.60. The second-order valence-corrected chi connectivity index (χ2v) is 8.03. The molecule has 2 saturated carbocycles. The summed E-state index contributed by atoms with van der Waals surface area (Å²) in [5.41, 5.74) is 1.29. The summed E-state index contributed by atoms with van der Waals surface area (Å²) in [7, 11) is 0. The quantitative estimate of drug-likeness (QED) is 0.725. The molecule has 0 aliphatic heterocycles. The Balaban J connectivity index is 1.88. The van der Waals surface area contributed by atoms with Gasteiger partial charge in [-0.2, -0.15) is 0 Å². The molecule has 116 valence electrons. The van der Waals surface area contributed by atoms with E-state index in [1.165, 1.54) is 12.0 Å². The minimum Gasteiger partial charge on any atom is -0.299 e. The number of rotatable bonds is 1. The second kappa shape index (κ2) is 5.07. The molecule has 0 aromatic heterocycles. The first-order valence-corrected chi connectivity index (χ1v) is 8.60. The summed E-state index contributed by atoms with van der Waals surface area (Å²) >= 11 is 0. The zero-order valence-electron chi connectivity index (χ0n) is 13.8. The highest BCUT2D eigenvalue weighted by atomic mass is 16.1. The number of carbonyl (C=O) groups is 2. The number of carbonyl (C=O) groups excluding carboxylic acids is 2. The summed E-state index contributed by atoms with van der Waals surface area (Å²) in [5, 5.41) is 0. The van der Waals surface area contributed by atoms with Crippen molar-refractivity contribution in [2.24, 2.45) is 35.0 Å². The molecule has 2 fully saturated rings. The Morgan fingerprint density at radius 1 is 1.24 bits per heavy atom. The van der Waals surface area contributed by atoms with Crippen LogP contribution in [0, 0.1) is 35.0 Å². The molecule has 6 atom stereocenters. The molecule has 2 heteroatoms. The Hall–Kier alpha value is -0.920. The Bertz CT molecular complexity index is 504. The average molecular weight is 288 g/mol. The Kier molecular flexibility index (Phi) is 3.62. The molecule has 0 spiro atoms. The predicted molar refractivity (Wildman–Crippen MR) is 83.8 cm³/mol. The molecule has 0 heterocycles. The van der Waals surface area contributed by atoms with Gasteiger partial charge in [0.05, 0.1) is 0 Å². The van der Waals surface area contributed by atoms with Gasteiger partial charge >= 0.3 is 0 Å². The molecule has 2 nitrogen and oxygen atoms in total. The van der Waals surface area contributed by atoms with Crippen LogP contribution in [-0.2, 0) is 9.59 Å². The smallest absolute Gasteiger partial charge is 0.158 e. The third-order valence-corrected chi connectivity index (χ3v) is 7.18. The largest absolute Gasteiger partial charge is 0.299 e. The Labute approximate surface area is 128 Å². The first kappa shape index (κ1) is 15.0. The van der Waals surface area contributed by atoms with Gasteiger partial charge in [-0.3, -0.25) is 9.59 Å². The fourth-order valence-corrected chi connectivity index (χ4v) is 5.33. The third kappa shape index (κ3) is 2.22. The lowest BCUT2D eigenvalue weighted by atomic mass is 9.51. The van der Waals surface area contributed by atoms with Gasteiger partial charge in [0.2, 0.25) is 0 Å². The Morgan fingerprint density at radius 2 is 1.95 bits per heavy atom. The summed E-state index contributed by atoms with van der Waals surface area (Å²) in [5.74, 6) is 3.32. The lowest BCUT2D eigenvalue weighted by Gasteiger charge is -2.53. The molecule has 0 N–H and O–H groups in total. The molecule has 3 aliphatic rings. The van der Waals surface area contributed by atoms with Crippen LogP contribution in [0.4, 0.5) is 0 Å². The number of allylic oxidation sites excluding steroid dienone is 2. The van der Waals surface area contributed by atoms with Crippen LogP contribution in [0.1, 0.15) is 59.8 Å². The zero-order valence-corrected chi connectivity index (χ0v) is 13.8. The first-order chi connectivity index (χ1) is 9.84. The van der Waals surface area contributed by atoms with Gasteiger partial charge in [-0.25, -0.2) is 0 Å². The van der Waals surface area contributed by atoms with Gasteiger partial charge in [-0.15, -0.1) is 0 Å². The Morgan fingerprint density at radius 3 is 2.62 bits per heavy atom. The van der Waals surface area contributed by atoms with Crippen LogP contribution in [0.2, 0.25) is 0 Å². The van der Waals surface area contributed by atoms with Crippen LogP contribution >= 0.6 is 0 Å². The summed E-state index contributed by atoms with van der Waals surface area (Å²) < 4.78 is 0. The lowest BCUT2D eigenvalue weighted by Crippen LogP contribution is -2.48. The summed E-state index contributed by atoms with van der Waals surface area (Å²) in [6.45, 7) is 8.32. The van der Waals surface area contributed by atoms with E-state index < -0.39 is 0 Å². The van der Waals surface area contributed by atoms with Gasteiger partial charge in [-0.1, -0.05) is 26.3 Å². The highest BCUT2D eigenvalue weighted by molar-refractivity contribution is 5.93. The van der Waals surface area contributed by atoms with Crippen molar-refractivity contribution in [3.63, 3.8) is 0 Å². The third-order valence-electron chi connectivity index (χ3n) is 7.18. The van der Waals surface area contributed by atoms with E-state index in [2.05, 4.69) is 20.8 Å². The maximum Gasteiger partial charge on any atom is 0.158 e. The highest BCUT2D eigenvalue weighted by Gasteiger charge is 2.51. The van der Waals surface area contributed by atoms with Crippen molar-refractivity contribution < 1.29 is 9.59 Å². The minimum absolute atomic E-state index is 0.127. The van der Waals surface area contributed by atoms with Gasteiger partial charge in [0.15, 0.2) is 5.78 Å². The van der Waals surface area contributed by atoms with E-state index in [1.54, 1.807) is 6.92 Å². The molecule has 6 unspecified atom stereocenters. The minimum atomic E-state index is -0.127. The van der Waals surface area contributed by atoms with Crippen molar-refractivity contribution in [3.8, 4) is 0 Å². The molecule has 21 heavy (non-hydrogen) atoms. The van der Waals surface area contributed by atoms with E-state index in [0.29, 0.717) is 35.2 Å². The van der Waals surface area contributed by atoms with Gasteiger partial charge in [0, 0.05) is 11.3 Å². The second-order valence-electron chi connectivity index (χ2n) is 8.03. The monoisotopic (exact) mass is 288 g/mol. The molecule has 0 amide bonds. The molecule has 0 radical (unpaired) electrons. The van der Waals surface area contributed by atoms with E-state index in [1.807, 2.05) is 6.08 Å². The molecular weight excluding hydrogens is 260 g/mol. The van der Waals surface area contributed by atoms with Crippen molar-refractivity contribution in [2.45, 2.75) is 59.8 Å². The number of fused-ring (bicyclic) bond motifs is 3. The fourth-order valence-electron chi connectivity index (χ4n) is 5.33. The van der Waals surface area contributed by atoms with Gasteiger partial charge < -0.3 is 0 Å². The van der Waals surface area contributed by atoms with E-state index in [-0.39, 0.29) is 11.3 Å². The average Bonchev–Trinajstić information content (AvgIpc) is 2.44. The van der Waals surface area contributed by atoms with Crippen LogP contribution in [0.25, 0.3) is 0 Å². The van der Waals surface area contributed by atoms with Crippen LogP contribution in [0.15, 0.2) is 11.6 Å². The highest BCUT2D eigenvalue weighted by Crippen LogP contribution is 2.56. The van der Waals surface area contributed by atoms with Crippen LogP contribution in [-0.4, -0.2) is 11.6 Å². The van der Waals surface area contributed by atoms with Crippen LogP contribution in [0.3, 0.4) is 0 Å². The molecule has 0 aromatic carbocycles. The molecular formula is C19H28O2. The number of ketones is 2. The number of Topliss-reactive ketones (excluding diaryl/α,β-unsaturated/α-hetero) is 1. The van der Waals surface area contributed by atoms with Gasteiger partial charge in [-0.05, 0) is 68.8 Å². The number of hydrogen-bond donors (Lipinski definition) is 0. The maximum atomic E-state index is 12.1. The van der Waals surface area contributed by atoms with E-state index in [0.717, 1.165) is 25.7 Å². The van der Waals surface area contributed by atoms with Crippen LogP contribution in [0.5, 0.6) is 0 Å². The molecule has 3 rings (SSSR count). The standard InChI is InChI=1S/C19H28O2/c1-11-9-17-14(10-18(11)21)5-6-15-12(2)19(4,13(3)20)8-7-16(15)17/h10-12,15-17H,5-9H2,1-4H3. The SMILES string of the molecule is CC(=O)C1(C)CCC2C3CC(C)C(=O)C=C3CCC2C1C. The molecule has 3 aliphatic carbocycles. The van der Waals surface area contributed by atoms with Crippen molar-refractivity contribution >= 4 is 11.6 Å². The fraction of sp³-hybridized carbons (Fsp3) is 0.789. The topological polar surface area (TPSA) is 34.1 Å². The van der Waals surface area contributed by atoms with Crippen molar-refractivity contribution in [1.29, 1.82) is 0 Å². The summed E-state index contributed by atoms with van der Waals surface area (Å²) in [6.07, 6.45) is 7.42. The van der Waals surface area contributed by atoms with Crippen molar-refractivity contribution in [1.82, 2.24) is 0 Å². The number of hydrogen-bond acceptors (Lipinski definition) is 2.